The number of benzene rings is 2. The van der Waals surface area contributed by atoms with Crippen molar-refractivity contribution in [2.24, 2.45) is 5.92 Å². The van der Waals surface area contributed by atoms with E-state index in [0.717, 1.165) is 25.6 Å². The maximum absolute atomic E-state index is 12.4. The van der Waals surface area contributed by atoms with E-state index in [1.165, 1.54) is 42.5 Å². The molecule has 3 rings (SSSR count). The topological polar surface area (TPSA) is 119 Å². The van der Waals surface area contributed by atoms with E-state index < -0.39 is 15.0 Å². The van der Waals surface area contributed by atoms with Crippen LogP contribution in [0.3, 0.4) is 0 Å². The minimum atomic E-state index is -4.25. The molecule has 1 aliphatic heterocycles. The number of hydrogen-bond acceptors (Lipinski definition) is 7. The average molecular weight is 448 g/mol. The van der Waals surface area contributed by atoms with Crippen LogP contribution in [0.5, 0.6) is 5.75 Å². The van der Waals surface area contributed by atoms with Gasteiger partial charge in [-0.05, 0) is 63.1 Å². The Labute approximate surface area is 181 Å². The van der Waals surface area contributed by atoms with Gasteiger partial charge in [-0.3, -0.25) is 14.9 Å². The van der Waals surface area contributed by atoms with E-state index in [4.69, 9.17) is 4.18 Å². The molecule has 166 valence electrons. The first-order chi connectivity index (χ1) is 14.7. The highest BCUT2D eigenvalue weighted by Gasteiger charge is 2.24. The first-order valence-corrected chi connectivity index (χ1v) is 11.4. The van der Waals surface area contributed by atoms with Crippen molar-refractivity contribution < 1.29 is 22.3 Å². The molecule has 1 amide bonds. The lowest BCUT2D eigenvalue weighted by molar-refractivity contribution is -0.385. The third kappa shape index (κ3) is 5.80. The first kappa shape index (κ1) is 22.7. The highest BCUT2D eigenvalue weighted by molar-refractivity contribution is 7.87. The zero-order valence-electron chi connectivity index (χ0n) is 17.4. The Morgan fingerprint density at radius 1 is 1.26 bits per heavy atom. The van der Waals surface area contributed by atoms with Gasteiger partial charge in [-0.2, -0.15) is 8.42 Å². The van der Waals surface area contributed by atoms with Crippen LogP contribution in [0.1, 0.15) is 30.6 Å². The SMILES string of the molecule is CC(C)N1CCC(CNC(=O)c2ccc(OS(=O)(=O)c3cccc([N+](=O)[O-])c3)cc2)C1. The molecule has 1 N–H and O–H groups in total. The van der Waals surface area contributed by atoms with Crippen LogP contribution < -0.4 is 9.50 Å². The van der Waals surface area contributed by atoms with E-state index in [0.29, 0.717) is 24.1 Å². The fraction of sp³-hybridized carbons (Fsp3) is 0.381. The molecule has 0 spiro atoms. The zero-order chi connectivity index (χ0) is 22.6. The van der Waals surface area contributed by atoms with E-state index in [1.807, 2.05) is 0 Å². The Morgan fingerprint density at radius 2 is 1.97 bits per heavy atom. The number of likely N-dealkylation sites (tertiary alicyclic amines) is 1. The number of amides is 1. The fourth-order valence-corrected chi connectivity index (χ4v) is 4.40. The van der Waals surface area contributed by atoms with Crippen LogP contribution in [0.2, 0.25) is 0 Å². The van der Waals surface area contributed by atoms with Gasteiger partial charge in [-0.25, -0.2) is 0 Å². The molecule has 0 radical (unpaired) electrons. The summed E-state index contributed by atoms with van der Waals surface area (Å²) in [6.45, 7) is 6.89. The number of nitrogens with one attached hydrogen (secondary N) is 1. The standard InChI is InChI=1S/C21H25N3O6S/c1-15(2)23-11-10-16(14-23)13-22-21(25)17-6-8-19(9-7-17)30-31(28,29)20-5-3-4-18(12-20)24(26)27/h3-9,12,15-16H,10-11,13-14H2,1-2H3,(H,22,25). The number of carbonyl (C=O) groups is 1. The van der Waals surface area contributed by atoms with Crippen molar-refractivity contribution in [3.05, 3.63) is 64.2 Å². The van der Waals surface area contributed by atoms with Gasteiger partial charge in [0.25, 0.3) is 11.6 Å². The molecule has 2 aromatic carbocycles. The lowest BCUT2D eigenvalue weighted by Crippen LogP contribution is -2.32. The molecule has 31 heavy (non-hydrogen) atoms. The monoisotopic (exact) mass is 447 g/mol. The molecule has 0 bridgehead atoms. The molecule has 1 atom stereocenters. The van der Waals surface area contributed by atoms with E-state index in [1.54, 1.807) is 0 Å². The second-order valence-electron chi connectivity index (χ2n) is 7.77. The molecule has 1 saturated heterocycles. The summed E-state index contributed by atoms with van der Waals surface area (Å²) in [7, 11) is -4.25. The molecule has 2 aromatic rings. The molecule has 0 aliphatic carbocycles. The molecule has 1 unspecified atom stereocenters. The number of carbonyl (C=O) groups excluding carboxylic acids is 1. The smallest absolute Gasteiger partial charge is 0.339 e. The molecular formula is C21H25N3O6S. The van der Waals surface area contributed by atoms with Crippen LogP contribution in [0.4, 0.5) is 5.69 Å². The van der Waals surface area contributed by atoms with Gasteiger partial charge in [0.05, 0.1) is 4.92 Å². The van der Waals surface area contributed by atoms with Crippen molar-refractivity contribution in [2.45, 2.75) is 31.2 Å². The Bertz CT molecular complexity index is 1050. The van der Waals surface area contributed by atoms with Crippen LogP contribution in [0.25, 0.3) is 0 Å². The Morgan fingerprint density at radius 3 is 2.58 bits per heavy atom. The lowest BCUT2D eigenvalue weighted by Gasteiger charge is -2.20. The van der Waals surface area contributed by atoms with Crippen LogP contribution in [0, 0.1) is 16.0 Å². The maximum atomic E-state index is 12.4. The summed E-state index contributed by atoms with van der Waals surface area (Å²) in [6.07, 6.45) is 1.04. The summed E-state index contributed by atoms with van der Waals surface area (Å²) in [4.78, 5) is 24.6. The Balaban J connectivity index is 1.59. The van der Waals surface area contributed by atoms with Gasteiger partial charge < -0.3 is 14.4 Å². The van der Waals surface area contributed by atoms with Crippen molar-refractivity contribution in [3.8, 4) is 5.75 Å². The second-order valence-corrected chi connectivity index (χ2v) is 9.32. The molecule has 10 heteroatoms. The summed E-state index contributed by atoms with van der Waals surface area (Å²) in [5.41, 5.74) is 0.0364. The number of non-ortho nitro benzene ring substituents is 1. The molecule has 1 heterocycles. The highest BCUT2D eigenvalue weighted by Crippen LogP contribution is 2.23. The van der Waals surface area contributed by atoms with E-state index in [-0.39, 0.29) is 22.2 Å². The van der Waals surface area contributed by atoms with Crippen molar-refractivity contribution in [2.75, 3.05) is 19.6 Å². The highest BCUT2D eigenvalue weighted by atomic mass is 32.2. The summed E-state index contributed by atoms with van der Waals surface area (Å²) in [5.74, 6) is 0.177. The largest absolute Gasteiger partial charge is 0.379 e. The van der Waals surface area contributed by atoms with E-state index in [2.05, 4.69) is 24.1 Å². The molecule has 0 aromatic heterocycles. The second kappa shape index (κ2) is 9.44. The number of hydrogen-bond donors (Lipinski definition) is 1. The quantitative estimate of drug-likeness (QED) is 0.375. The van der Waals surface area contributed by atoms with Gasteiger partial charge in [0.2, 0.25) is 0 Å². The first-order valence-electron chi connectivity index (χ1n) is 9.97. The average Bonchev–Trinajstić information content (AvgIpc) is 3.22. The third-order valence-corrected chi connectivity index (χ3v) is 6.48. The molecule has 1 fully saturated rings. The number of rotatable bonds is 8. The van der Waals surface area contributed by atoms with Crippen molar-refractivity contribution in [1.29, 1.82) is 0 Å². The van der Waals surface area contributed by atoms with Gasteiger partial charge >= 0.3 is 10.1 Å². The van der Waals surface area contributed by atoms with Gasteiger partial charge in [-0.1, -0.05) is 6.07 Å². The molecule has 0 saturated carbocycles. The minimum absolute atomic E-state index is 0.00595. The molecular weight excluding hydrogens is 422 g/mol. The van der Waals surface area contributed by atoms with E-state index in [9.17, 15) is 23.3 Å². The van der Waals surface area contributed by atoms with Gasteiger partial charge in [0.1, 0.15) is 10.6 Å². The molecule has 1 aliphatic rings. The van der Waals surface area contributed by atoms with Crippen LogP contribution >= 0.6 is 0 Å². The third-order valence-electron chi connectivity index (χ3n) is 5.24. The molecule has 9 nitrogen and oxygen atoms in total. The van der Waals surface area contributed by atoms with Crippen molar-refractivity contribution in [3.63, 3.8) is 0 Å². The van der Waals surface area contributed by atoms with Gasteiger partial charge in [0.15, 0.2) is 0 Å². The summed E-state index contributed by atoms with van der Waals surface area (Å²) in [6, 6.07) is 10.8. The number of nitrogens with zero attached hydrogens (tertiary/aromatic N) is 2. The van der Waals surface area contributed by atoms with Crippen LogP contribution in [-0.4, -0.2) is 49.8 Å². The van der Waals surface area contributed by atoms with Gasteiger partial charge in [0, 0.05) is 36.8 Å². The van der Waals surface area contributed by atoms with Crippen LogP contribution in [-0.2, 0) is 10.1 Å². The summed E-state index contributed by atoms with van der Waals surface area (Å²) in [5, 5.41) is 13.8. The van der Waals surface area contributed by atoms with Gasteiger partial charge in [-0.15, -0.1) is 0 Å². The Hall–Kier alpha value is -2.98. The van der Waals surface area contributed by atoms with Crippen molar-refractivity contribution in [1.82, 2.24) is 10.2 Å². The fourth-order valence-electron chi connectivity index (χ4n) is 3.43. The van der Waals surface area contributed by atoms with E-state index >= 15 is 0 Å². The normalized spacial score (nSPS) is 16.9. The van der Waals surface area contributed by atoms with Crippen molar-refractivity contribution >= 4 is 21.7 Å². The summed E-state index contributed by atoms with van der Waals surface area (Å²) >= 11 is 0. The Kier molecular flexibility index (Phi) is 6.91. The van der Waals surface area contributed by atoms with Crippen LogP contribution in [0.15, 0.2) is 53.4 Å². The maximum Gasteiger partial charge on any atom is 0.339 e. The predicted octanol–water partition coefficient (Wildman–Crippen LogP) is 2.82. The minimum Gasteiger partial charge on any atom is -0.379 e. The number of nitro groups is 1. The predicted molar refractivity (Wildman–Crippen MR) is 115 cm³/mol. The number of nitro benzene ring substituents is 1. The lowest BCUT2D eigenvalue weighted by atomic mass is 10.1. The summed E-state index contributed by atoms with van der Waals surface area (Å²) < 4.78 is 29.8. The zero-order valence-corrected chi connectivity index (χ0v) is 18.2.